The van der Waals surface area contributed by atoms with Crippen molar-refractivity contribution in [3.05, 3.63) is 63.7 Å². The van der Waals surface area contributed by atoms with Crippen molar-refractivity contribution >= 4 is 46.4 Å². The minimum atomic E-state index is -0.467. The summed E-state index contributed by atoms with van der Waals surface area (Å²) in [5, 5.41) is 10.9. The molecule has 4 rings (SSSR count). The average molecular weight is 458 g/mol. The second kappa shape index (κ2) is 8.69. The Morgan fingerprint density at radius 1 is 1.13 bits per heavy atom. The molecule has 1 saturated carbocycles. The monoisotopic (exact) mass is 457 g/mol. The Morgan fingerprint density at radius 2 is 1.84 bits per heavy atom. The fourth-order valence-electron chi connectivity index (χ4n) is 3.14. The van der Waals surface area contributed by atoms with Crippen LogP contribution in [-0.4, -0.2) is 26.6 Å². The van der Waals surface area contributed by atoms with Crippen molar-refractivity contribution in [1.82, 2.24) is 14.8 Å². The van der Waals surface area contributed by atoms with E-state index in [1.807, 2.05) is 26.0 Å². The fraction of sp³-hybridized carbons (Fsp3) is 0.273. The molecule has 1 aliphatic rings. The number of aryl methyl sites for hydroxylation is 2. The standard InChI is InChI=1S/C22H21Cl2N5O2/c1-3-18-27-20(28-29(18)19-15(23)5-4-6-16(19)24)22(31)26-17-11-14(10-7-12(17)2)25-21(30)13-8-9-13/h4-7,10-11,13H,3,8-9H2,1-2H3,(H,25,30)(H,26,31). The average Bonchev–Trinajstić information content (AvgIpc) is 3.50. The van der Waals surface area contributed by atoms with Crippen LogP contribution in [0.25, 0.3) is 5.69 Å². The van der Waals surface area contributed by atoms with Crippen molar-refractivity contribution in [3.63, 3.8) is 0 Å². The predicted octanol–water partition coefficient (Wildman–Crippen LogP) is 5.05. The number of hydrogen-bond acceptors (Lipinski definition) is 4. The molecule has 9 heteroatoms. The summed E-state index contributed by atoms with van der Waals surface area (Å²) in [6, 6.07) is 10.5. The number of benzene rings is 2. The van der Waals surface area contributed by atoms with Gasteiger partial charge in [-0.3, -0.25) is 9.59 Å². The number of nitrogens with zero attached hydrogens (tertiary/aromatic N) is 3. The van der Waals surface area contributed by atoms with Crippen LogP contribution in [0, 0.1) is 12.8 Å². The summed E-state index contributed by atoms with van der Waals surface area (Å²) in [7, 11) is 0. The molecule has 160 valence electrons. The summed E-state index contributed by atoms with van der Waals surface area (Å²) in [5.74, 6) is 0.190. The van der Waals surface area contributed by atoms with Gasteiger partial charge in [-0.1, -0.05) is 42.3 Å². The molecular weight excluding hydrogens is 437 g/mol. The number of para-hydroxylation sites is 1. The Morgan fingerprint density at radius 3 is 2.48 bits per heavy atom. The maximum Gasteiger partial charge on any atom is 0.295 e. The third-order valence-corrected chi connectivity index (χ3v) is 5.65. The van der Waals surface area contributed by atoms with Gasteiger partial charge in [0.2, 0.25) is 11.7 Å². The maximum absolute atomic E-state index is 12.9. The first-order chi connectivity index (χ1) is 14.9. The lowest BCUT2D eigenvalue weighted by Crippen LogP contribution is -2.16. The SMILES string of the molecule is CCc1nc(C(=O)Nc2cc(NC(=O)C3CC3)ccc2C)nn1-c1c(Cl)cccc1Cl. The number of carbonyl (C=O) groups is 2. The molecule has 0 radical (unpaired) electrons. The summed E-state index contributed by atoms with van der Waals surface area (Å²) >= 11 is 12.6. The van der Waals surface area contributed by atoms with E-state index >= 15 is 0 Å². The zero-order chi connectivity index (χ0) is 22.1. The van der Waals surface area contributed by atoms with Crippen molar-refractivity contribution in [2.75, 3.05) is 10.6 Å². The van der Waals surface area contributed by atoms with E-state index in [2.05, 4.69) is 20.7 Å². The quantitative estimate of drug-likeness (QED) is 0.541. The first-order valence-electron chi connectivity index (χ1n) is 10.0. The molecule has 0 atom stereocenters. The Bertz CT molecular complexity index is 1150. The van der Waals surface area contributed by atoms with Crippen molar-refractivity contribution in [1.29, 1.82) is 0 Å². The molecule has 2 amide bonds. The van der Waals surface area contributed by atoms with Gasteiger partial charge in [-0.05, 0) is 49.6 Å². The van der Waals surface area contributed by atoms with Gasteiger partial charge in [0.05, 0.1) is 10.0 Å². The summed E-state index contributed by atoms with van der Waals surface area (Å²) < 4.78 is 1.50. The van der Waals surface area contributed by atoms with E-state index in [9.17, 15) is 9.59 Å². The highest BCUT2D eigenvalue weighted by atomic mass is 35.5. The van der Waals surface area contributed by atoms with Crippen molar-refractivity contribution < 1.29 is 9.59 Å². The van der Waals surface area contributed by atoms with Gasteiger partial charge in [0.15, 0.2) is 0 Å². The molecule has 31 heavy (non-hydrogen) atoms. The molecule has 0 bridgehead atoms. The van der Waals surface area contributed by atoms with E-state index in [-0.39, 0.29) is 17.6 Å². The summed E-state index contributed by atoms with van der Waals surface area (Å²) in [4.78, 5) is 29.3. The van der Waals surface area contributed by atoms with E-state index in [0.29, 0.717) is 39.4 Å². The zero-order valence-electron chi connectivity index (χ0n) is 17.1. The van der Waals surface area contributed by atoms with Crippen LogP contribution in [0.1, 0.15) is 41.8 Å². The van der Waals surface area contributed by atoms with Gasteiger partial charge in [0.25, 0.3) is 5.91 Å². The Hall–Kier alpha value is -2.90. The lowest BCUT2D eigenvalue weighted by molar-refractivity contribution is -0.117. The van der Waals surface area contributed by atoms with Crippen molar-refractivity contribution in [2.24, 2.45) is 5.92 Å². The highest BCUT2D eigenvalue weighted by Gasteiger charge is 2.29. The van der Waals surface area contributed by atoms with Crippen LogP contribution in [-0.2, 0) is 11.2 Å². The third-order valence-electron chi connectivity index (χ3n) is 5.04. The number of anilines is 2. The maximum atomic E-state index is 12.9. The number of halogens is 2. The number of carbonyl (C=O) groups excluding carboxylic acids is 2. The van der Waals surface area contributed by atoms with Gasteiger partial charge in [-0.25, -0.2) is 9.67 Å². The lowest BCUT2D eigenvalue weighted by Gasteiger charge is -2.10. The second-order valence-corrected chi connectivity index (χ2v) is 8.25. The molecule has 2 aromatic carbocycles. The topological polar surface area (TPSA) is 88.9 Å². The molecule has 0 saturated heterocycles. The molecular formula is C22H21Cl2N5O2. The molecule has 1 aromatic heterocycles. The van der Waals surface area contributed by atoms with Gasteiger partial charge in [0, 0.05) is 23.7 Å². The number of hydrogen-bond donors (Lipinski definition) is 2. The van der Waals surface area contributed by atoms with Crippen LogP contribution in [0.15, 0.2) is 36.4 Å². The fourth-order valence-corrected chi connectivity index (χ4v) is 3.70. The van der Waals surface area contributed by atoms with Crippen molar-refractivity contribution in [3.8, 4) is 5.69 Å². The zero-order valence-corrected chi connectivity index (χ0v) is 18.6. The molecule has 0 aliphatic heterocycles. The number of aromatic nitrogens is 3. The molecule has 0 spiro atoms. The molecule has 3 aromatic rings. The minimum Gasteiger partial charge on any atom is -0.326 e. The van der Waals surface area contributed by atoms with Crippen LogP contribution in [0.2, 0.25) is 10.0 Å². The molecule has 1 heterocycles. The first-order valence-corrected chi connectivity index (χ1v) is 10.8. The van der Waals surface area contributed by atoms with E-state index in [1.54, 1.807) is 24.3 Å². The molecule has 1 aliphatic carbocycles. The molecule has 0 unspecified atom stereocenters. The van der Waals surface area contributed by atoms with Gasteiger partial charge >= 0.3 is 0 Å². The smallest absolute Gasteiger partial charge is 0.295 e. The largest absolute Gasteiger partial charge is 0.326 e. The van der Waals surface area contributed by atoms with Gasteiger partial charge in [-0.2, -0.15) is 0 Å². The van der Waals surface area contributed by atoms with Crippen LogP contribution < -0.4 is 10.6 Å². The third kappa shape index (κ3) is 4.57. The first kappa shape index (κ1) is 21.3. The van der Waals surface area contributed by atoms with Gasteiger partial charge in [-0.15, -0.1) is 5.10 Å². The highest BCUT2D eigenvalue weighted by Crippen LogP contribution is 2.31. The van der Waals surface area contributed by atoms with Crippen LogP contribution >= 0.6 is 23.2 Å². The van der Waals surface area contributed by atoms with Gasteiger partial charge < -0.3 is 10.6 Å². The van der Waals surface area contributed by atoms with Crippen LogP contribution in [0.5, 0.6) is 0 Å². The van der Waals surface area contributed by atoms with E-state index in [0.717, 1.165) is 18.4 Å². The molecule has 1 fully saturated rings. The number of rotatable bonds is 6. The summed E-state index contributed by atoms with van der Waals surface area (Å²) in [5.41, 5.74) is 2.54. The number of nitrogens with one attached hydrogen (secondary N) is 2. The second-order valence-electron chi connectivity index (χ2n) is 7.43. The summed E-state index contributed by atoms with van der Waals surface area (Å²) in [6.45, 7) is 3.78. The molecule has 7 nitrogen and oxygen atoms in total. The Labute approximate surface area is 189 Å². The molecule has 2 N–H and O–H groups in total. The van der Waals surface area contributed by atoms with E-state index < -0.39 is 5.91 Å². The lowest BCUT2D eigenvalue weighted by atomic mass is 10.1. The number of amides is 2. The normalized spacial score (nSPS) is 13.2. The van der Waals surface area contributed by atoms with Gasteiger partial charge in [0.1, 0.15) is 11.5 Å². The van der Waals surface area contributed by atoms with E-state index in [1.165, 1.54) is 4.68 Å². The predicted molar refractivity (Wildman–Crippen MR) is 121 cm³/mol. The minimum absolute atomic E-state index is 0.000319. The van der Waals surface area contributed by atoms with E-state index in [4.69, 9.17) is 23.2 Å². The highest BCUT2D eigenvalue weighted by molar-refractivity contribution is 6.37. The Kier molecular flexibility index (Phi) is 5.98. The summed E-state index contributed by atoms with van der Waals surface area (Å²) in [6.07, 6.45) is 2.37. The Balaban J connectivity index is 1.59. The van der Waals surface area contributed by atoms with Crippen molar-refractivity contribution in [2.45, 2.75) is 33.1 Å². The van der Waals surface area contributed by atoms with Crippen LogP contribution in [0.3, 0.4) is 0 Å². The van der Waals surface area contributed by atoms with Crippen LogP contribution in [0.4, 0.5) is 11.4 Å².